The predicted octanol–water partition coefficient (Wildman–Crippen LogP) is 2.58. The number of halogens is 1. The topological polar surface area (TPSA) is 65.8 Å². The van der Waals surface area contributed by atoms with E-state index >= 15 is 0 Å². The minimum Gasteiger partial charge on any atom is -0.598 e. The van der Waals surface area contributed by atoms with Gasteiger partial charge in [0.25, 0.3) is 0 Å². The first-order valence-electron chi connectivity index (χ1n) is 6.11. The molecular formula is C12H17FN4OS2. The third-order valence-electron chi connectivity index (χ3n) is 2.54. The molecule has 0 unspecified atom stereocenters. The average Bonchev–Trinajstić information content (AvgIpc) is 2.95. The minimum atomic E-state index is -1.17. The minimum absolute atomic E-state index is 0.152. The van der Waals surface area contributed by atoms with Crippen LogP contribution in [0.15, 0.2) is 17.8 Å². The molecule has 2 heterocycles. The molecule has 0 bridgehead atoms. The highest BCUT2D eigenvalue weighted by Crippen LogP contribution is 2.22. The monoisotopic (exact) mass is 316 g/mol. The van der Waals surface area contributed by atoms with Gasteiger partial charge in [-0.1, -0.05) is 0 Å². The summed E-state index contributed by atoms with van der Waals surface area (Å²) in [7, 11) is 0. The second-order valence-electron chi connectivity index (χ2n) is 5.38. The van der Waals surface area contributed by atoms with Crippen LogP contribution in [-0.4, -0.2) is 24.1 Å². The fourth-order valence-electron chi connectivity index (χ4n) is 1.38. The van der Waals surface area contributed by atoms with Crippen molar-refractivity contribution in [2.75, 3.05) is 0 Å². The van der Waals surface area contributed by atoms with Crippen LogP contribution in [0.5, 0.6) is 0 Å². The molecule has 0 spiro atoms. The van der Waals surface area contributed by atoms with Crippen LogP contribution in [0.4, 0.5) is 4.39 Å². The molecule has 0 radical (unpaired) electrons. The Morgan fingerprint density at radius 1 is 1.50 bits per heavy atom. The Morgan fingerprint density at radius 2 is 2.20 bits per heavy atom. The lowest BCUT2D eigenvalue weighted by molar-refractivity contribution is 0.529. The fourth-order valence-corrected chi connectivity index (χ4v) is 3.03. The second kappa shape index (κ2) is 5.80. The summed E-state index contributed by atoms with van der Waals surface area (Å²) in [6.07, 6.45) is 2.41. The maximum Gasteiger partial charge on any atom is 0.210 e. The Kier molecular flexibility index (Phi) is 4.48. The van der Waals surface area contributed by atoms with Gasteiger partial charge in [0.2, 0.25) is 5.13 Å². The number of rotatable bonds is 4. The van der Waals surface area contributed by atoms with E-state index in [-0.39, 0.29) is 10.8 Å². The van der Waals surface area contributed by atoms with Crippen LogP contribution in [0.1, 0.15) is 39.4 Å². The van der Waals surface area contributed by atoms with E-state index in [9.17, 15) is 8.94 Å². The van der Waals surface area contributed by atoms with Crippen molar-refractivity contribution < 1.29 is 8.94 Å². The number of nitrogens with zero attached hydrogens (tertiary/aromatic N) is 3. The van der Waals surface area contributed by atoms with Crippen molar-refractivity contribution in [3.63, 3.8) is 0 Å². The van der Waals surface area contributed by atoms with Crippen molar-refractivity contribution in [1.82, 2.24) is 19.5 Å². The highest BCUT2D eigenvalue weighted by molar-refractivity contribution is 7.90. The Bertz CT molecular complexity index is 578. The van der Waals surface area contributed by atoms with E-state index in [0.29, 0.717) is 5.13 Å². The van der Waals surface area contributed by atoms with Crippen LogP contribution in [0, 0.1) is 5.82 Å². The molecule has 0 aliphatic rings. The molecule has 0 aliphatic carbocycles. The number of hydrogen-bond acceptors (Lipinski definition) is 5. The van der Waals surface area contributed by atoms with Gasteiger partial charge in [-0.2, -0.15) is 5.10 Å². The lowest BCUT2D eigenvalue weighted by Crippen LogP contribution is -2.40. The quantitative estimate of drug-likeness (QED) is 0.881. The first kappa shape index (κ1) is 15.4. The first-order valence-corrected chi connectivity index (χ1v) is 8.14. The van der Waals surface area contributed by atoms with Crippen LogP contribution in [-0.2, 0) is 11.4 Å². The van der Waals surface area contributed by atoms with Crippen molar-refractivity contribution in [3.05, 3.63) is 29.3 Å². The zero-order valence-electron chi connectivity index (χ0n) is 11.8. The van der Waals surface area contributed by atoms with Crippen LogP contribution >= 0.6 is 11.3 Å². The van der Waals surface area contributed by atoms with Crippen molar-refractivity contribution in [2.24, 2.45) is 0 Å². The van der Waals surface area contributed by atoms with E-state index in [2.05, 4.69) is 14.8 Å². The molecule has 2 aromatic heterocycles. The van der Waals surface area contributed by atoms with Crippen LogP contribution in [0.2, 0.25) is 0 Å². The summed E-state index contributed by atoms with van der Waals surface area (Å²) in [5.74, 6) is -0.401. The first-order chi connectivity index (χ1) is 9.27. The molecule has 0 saturated heterocycles. The molecule has 0 aliphatic heterocycles. The molecule has 0 amide bonds. The number of nitrogens with one attached hydrogen (secondary N) is 1. The van der Waals surface area contributed by atoms with Crippen molar-refractivity contribution in [3.8, 4) is 5.13 Å². The van der Waals surface area contributed by atoms with Crippen molar-refractivity contribution >= 4 is 22.7 Å². The molecule has 1 N–H and O–H groups in total. The smallest absolute Gasteiger partial charge is 0.210 e. The van der Waals surface area contributed by atoms with Gasteiger partial charge >= 0.3 is 0 Å². The summed E-state index contributed by atoms with van der Waals surface area (Å²) in [5, 5.41) is 6.30. The summed E-state index contributed by atoms with van der Waals surface area (Å²) >= 11 is 0.196. The molecule has 8 heteroatoms. The van der Waals surface area contributed by atoms with E-state index < -0.39 is 17.2 Å². The summed E-state index contributed by atoms with van der Waals surface area (Å²) < 4.78 is 29.0. The normalized spacial score (nSPS) is 15.3. The third-order valence-corrected chi connectivity index (χ3v) is 5.07. The van der Waals surface area contributed by atoms with E-state index in [1.54, 1.807) is 0 Å². The van der Waals surface area contributed by atoms with Gasteiger partial charge in [-0.15, -0.1) is 16.1 Å². The largest absolute Gasteiger partial charge is 0.598 e. The van der Waals surface area contributed by atoms with Gasteiger partial charge in [-0.05, 0) is 27.7 Å². The molecule has 2 atom stereocenters. The second-order valence-corrected chi connectivity index (χ2v) is 8.21. The molecule has 0 aromatic carbocycles. The molecule has 0 fully saturated rings. The maximum absolute atomic E-state index is 12.9. The highest BCUT2D eigenvalue weighted by Gasteiger charge is 2.29. The molecular weight excluding hydrogens is 299 g/mol. The van der Waals surface area contributed by atoms with Crippen molar-refractivity contribution in [1.29, 1.82) is 0 Å². The zero-order chi connectivity index (χ0) is 14.9. The Morgan fingerprint density at radius 3 is 2.75 bits per heavy atom. The zero-order valence-corrected chi connectivity index (χ0v) is 13.4. The van der Waals surface area contributed by atoms with E-state index in [4.69, 9.17) is 0 Å². The van der Waals surface area contributed by atoms with E-state index in [1.807, 2.05) is 33.1 Å². The van der Waals surface area contributed by atoms with Crippen LogP contribution in [0.3, 0.4) is 0 Å². The van der Waals surface area contributed by atoms with Crippen LogP contribution < -0.4 is 4.72 Å². The molecule has 2 aromatic rings. The van der Waals surface area contributed by atoms with Gasteiger partial charge in [0.1, 0.15) is 4.75 Å². The van der Waals surface area contributed by atoms with Gasteiger partial charge in [0, 0.05) is 16.7 Å². The Balaban J connectivity index is 2.09. The lowest BCUT2D eigenvalue weighted by Gasteiger charge is -2.25. The fraction of sp³-hybridized carbons (Fsp3) is 0.500. The van der Waals surface area contributed by atoms with E-state index in [0.717, 1.165) is 11.9 Å². The maximum atomic E-state index is 12.9. The van der Waals surface area contributed by atoms with Crippen molar-refractivity contribution in [2.45, 2.75) is 38.5 Å². The average molecular weight is 316 g/mol. The molecule has 110 valence electrons. The molecule has 0 saturated carbocycles. The summed E-state index contributed by atoms with van der Waals surface area (Å²) in [4.78, 5) is 4.38. The molecule has 5 nitrogen and oxygen atoms in total. The van der Waals surface area contributed by atoms with Gasteiger partial charge in [0.15, 0.2) is 5.82 Å². The lowest BCUT2D eigenvalue weighted by atomic mass is 10.3. The van der Waals surface area contributed by atoms with Gasteiger partial charge in [-0.25, -0.2) is 14.1 Å². The van der Waals surface area contributed by atoms with Crippen LogP contribution in [0.25, 0.3) is 5.13 Å². The van der Waals surface area contributed by atoms with Gasteiger partial charge in [-0.3, -0.25) is 0 Å². The molecule has 2 rings (SSSR count). The highest BCUT2D eigenvalue weighted by atomic mass is 32.2. The van der Waals surface area contributed by atoms with Gasteiger partial charge in [0.05, 0.1) is 24.1 Å². The van der Waals surface area contributed by atoms with E-state index in [1.165, 1.54) is 22.2 Å². The van der Waals surface area contributed by atoms with Gasteiger partial charge < -0.3 is 4.55 Å². The Labute approximate surface area is 124 Å². The number of thiazole rings is 1. The summed E-state index contributed by atoms with van der Waals surface area (Å²) in [5.41, 5.74) is 0.763. The number of hydrogen-bond donors (Lipinski definition) is 1. The third kappa shape index (κ3) is 3.57. The Hall–Kier alpha value is -0.960. The molecule has 20 heavy (non-hydrogen) atoms. The summed E-state index contributed by atoms with van der Waals surface area (Å²) in [6.45, 7) is 7.61. The summed E-state index contributed by atoms with van der Waals surface area (Å²) in [6, 6.07) is -0.152. The standard InChI is InChI=1S/C12H17FN4OS2/c1-8(16-20(18)12(2,3)4)10-7-19-11(15-10)17-6-9(13)5-14-17/h5-8,16H,1-4H3/t8-,20+/m0/s1. The SMILES string of the molecule is C[C@H](N[S@+]([O-])C(C)(C)C)c1csc(-n2cc(F)cn2)n1. The predicted molar refractivity (Wildman–Crippen MR) is 78.6 cm³/mol. The number of aromatic nitrogens is 3.